The third-order valence-corrected chi connectivity index (χ3v) is 0.598. The van der Waals surface area contributed by atoms with Crippen LogP contribution in [0.25, 0.3) is 0 Å². The maximum absolute atomic E-state index is 11.4. The second-order valence-electron chi connectivity index (χ2n) is 1.12. The van der Waals surface area contributed by atoms with Crippen LogP contribution in [0.5, 0.6) is 0 Å². The maximum Gasteiger partial charge on any atom is 0.490 e. The van der Waals surface area contributed by atoms with E-state index in [0.717, 1.165) is 0 Å². The minimum absolute atomic E-state index is 0.440. The van der Waals surface area contributed by atoms with Crippen LogP contribution in [0, 0.1) is 0 Å². The van der Waals surface area contributed by atoms with Crippen molar-refractivity contribution in [3.8, 4) is 0 Å². The molecule has 3 nitrogen and oxygen atoms in total. The smallest absolute Gasteiger partial charge is 0.199 e. The number of nitrogens with one attached hydrogen (secondary N) is 1. The molecule has 0 aromatic carbocycles. The van der Waals surface area contributed by atoms with Gasteiger partial charge in [0.1, 0.15) is 0 Å². The first-order valence-corrected chi connectivity index (χ1v) is 1.87. The Kier molecular flexibility index (Phi) is 1.19. The van der Waals surface area contributed by atoms with Crippen molar-refractivity contribution < 1.29 is 8.78 Å². The predicted molar refractivity (Wildman–Crippen MR) is 23.7 cm³/mol. The molecule has 1 N–H and O–H groups in total. The lowest BCUT2D eigenvalue weighted by molar-refractivity contribution is 0.221. The highest BCUT2D eigenvalue weighted by molar-refractivity contribution is 5.93. The zero-order valence-corrected chi connectivity index (χ0v) is 3.73. The van der Waals surface area contributed by atoms with E-state index in [2.05, 4.69) is 10.1 Å². The van der Waals surface area contributed by atoms with Gasteiger partial charge < -0.3 is 0 Å². The molecule has 42 valence electrons. The van der Waals surface area contributed by atoms with E-state index in [1.807, 2.05) is 11.8 Å². The number of hydrogen-bond acceptors (Lipinski definition) is 3. The van der Waals surface area contributed by atoms with Gasteiger partial charge in [0.15, 0.2) is 0 Å². The standard InChI is InChI=1S/C3H2F2N3/c4-2(5)3-6-1-7-8-3/h2H,(H,6,8)/q+1. The molecule has 0 atom stereocenters. The van der Waals surface area contributed by atoms with Gasteiger partial charge in [-0.2, -0.15) is 8.78 Å². The molecule has 0 spiro atoms. The Balaban J connectivity index is 2.51. The molecule has 0 aromatic rings. The summed E-state index contributed by atoms with van der Waals surface area (Å²) in [7, 11) is 0. The van der Waals surface area contributed by atoms with Crippen molar-refractivity contribution in [1.82, 2.24) is 10.5 Å². The lowest BCUT2D eigenvalue weighted by Gasteiger charge is -1.85. The van der Waals surface area contributed by atoms with E-state index in [1.54, 1.807) is 0 Å². The first kappa shape index (κ1) is 5.14. The molecule has 0 saturated carbocycles. The highest BCUT2D eigenvalue weighted by Crippen LogP contribution is 1.93. The molecule has 0 amide bonds. The van der Waals surface area contributed by atoms with Crippen LogP contribution < -0.4 is 10.5 Å². The SMILES string of the molecule is FC(F)C1=N[C]=[N+]N1. The van der Waals surface area contributed by atoms with E-state index in [1.165, 1.54) is 0 Å². The van der Waals surface area contributed by atoms with E-state index < -0.39 is 12.3 Å². The summed E-state index contributed by atoms with van der Waals surface area (Å²) in [6, 6.07) is 0. The van der Waals surface area contributed by atoms with Gasteiger partial charge in [0.25, 0.3) is 0 Å². The maximum atomic E-state index is 11.4. The summed E-state index contributed by atoms with van der Waals surface area (Å²) in [4.78, 5) is 3.07. The van der Waals surface area contributed by atoms with E-state index >= 15 is 0 Å². The van der Waals surface area contributed by atoms with Crippen LogP contribution in [0.4, 0.5) is 8.78 Å². The number of hydrogen-bond donors (Lipinski definition) is 1. The molecule has 0 bridgehead atoms. The van der Waals surface area contributed by atoms with Crippen LogP contribution in [0.2, 0.25) is 0 Å². The summed E-state index contributed by atoms with van der Waals surface area (Å²) in [6.07, 6.45) is -0.600. The summed E-state index contributed by atoms with van der Waals surface area (Å²) in [5, 5.41) is 3.10. The van der Waals surface area contributed by atoms with Gasteiger partial charge in [0.05, 0.1) is 5.10 Å². The summed E-state index contributed by atoms with van der Waals surface area (Å²) in [5.41, 5.74) is 1.97. The summed E-state index contributed by atoms with van der Waals surface area (Å²) in [5.74, 6) is -0.440. The van der Waals surface area contributed by atoms with Crippen molar-refractivity contribution in [2.45, 2.75) is 6.43 Å². The Bertz CT molecular complexity index is 139. The molecule has 8 heavy (non-hydrogen) atoms. The summed E-state index contributed by atoms with van der Waals surface area (Å²) < 4.78 is 22.9. The zero-order chi connectivity index (χ0) is 5.98. The second kappa shape index (κ2) is 1.85. The second-order valence-corrected chi connectivity index (χ2v) is 1.12. The number of aliphatic imine (C=N–C) groups is 1. The van der Waals surface area contributed by atoms with Crippen LogP contribution >= 0.6 is 0 Å². The lowest BCUT2D eigenvalue weighted by Crippen LogP contribution is -2.26. The molecule has 0 fully saturated rings. The Morgan fingerprint density at radius 3 is 2.75 bits per heavy atom. The van der Waals surface area contributed by atoms with Crippen LogP contribution in [0.3, 0.4) is 0 Å². The molecule has 1 aliphatic heterocycles. The first-order chi connectivity index (χ1) is 3.80. The number of rotatable bonds is 1. The molecule has 0 aliphatic carbocycles. The Morgan fingerprint density at radius 1 is 1.75 bits per heavy atom. The van der Waals surface area contributed by atoms with Gasteiger partial charge in [0.2, 0.25) is 0 Å². The summed E-state index contributed by atoms with van der Waals surface area (Å²) in [6.45, 7) is 0. The average Bonchev–Trinajstić information content (AvgIpc) is 2.12. The monoisotopic (exact) mass is 118 g/mol. The molecular formula is C3H2F2N3+. The van der Waals surface area contributed by atoms with Gasteiger partial charge in [-0.1, -0.05) is 0 Å². The fourth-order valence-electron chi connectivity index (χ4n) is 0.284. The van der Waals surface area contributed by atoms with Crippen molar-refractivity contribution in [3.05, 3.63) is 0 Å². The van der Waals surface area contributed by atoms with Crippen LogP contribution in [0.15, 0.2) is 4.99 Å². The highest BCUT2D eigenvalue weighted by atomic mass is 19.3. The largest absolute Gasteiger partial charge is 0.490 e. The van der Waals surface area contributed by atoms with Crippen molar-refractivity contribution in [1.29, 1.82) is 0 Å². The van der Waals surface area contributed by atoms with Crippen molar-refractivity contribution in [2.75, 3.05) is 0 Å². The Hall–Kier alpha value is -1.00. The average molecular weight is 118 g/mol. The number of halogens is 2. The number of alkyl halides is 2. The van der Waals surface area contributed by atoms with Gasteiger partial charge >= 0.3 is 18.6 Å². The van der Waals surface area contributed by atoms with Crippen LogP contribution in [-0.2, 0) is 0 Å². The third-order valence-electron chi connectivity index (χ3n) is 0.598. The molecule has 1 rings (SSSR count). The molecule has 1 heterocycles. The molecule has 0 aromatic heterocycles. The van der Waals surface area contributed by atoms with Gasteiger partial charge in [-0.3, -0.25) is 0 Å². The van der Waals surface area contributed by atoms with E-state index in [-0.39, 0.29) is 0 Å². The summed E-state index contributed by atoms with van der Waals surface area (Å²) >= 11 is 0. The number of amidine groups is 1. The lowest BCUT2D eigenvalue weighted by atomic mass is 10.6. The quantitative estimate of drug-likeness (QED) is 0.491. The zero-order valence-electron chi connectivity index (χ0n) is 3.73. The fraction of sp³-hybridized carbons (Fsp3) is 0.333. The minimum Gasteiger partial charge on any atom is -0.199 e. The van der Waals surface area contributed by atoms with Crippen LogP contribution in [0.1, 0.15) is 0 Å². The number of hydrazone groups is 1. The molecular weight excluding hydrogens is 116 g/mol. The minimum atomic E-state index is -2.58. The van der Waals surface area contributed by atoms with Crippen LogP contribution in [-0.4, -0.2) is 18.6 Å². The normalized spacial score (nSPS) is 16.6. The molecule has 5 heteroatoms. The Labute approximate surface area is 44.1 Å². The van der Waals surface area contributed by atoms with Gasteiger partial charge in [0, 0.05) is 0 Å². The van der Waals surface area contributed by atoms with Gasteiger partial charge in [-0.05, 0) is 4.99 Å². The molecule has 1 aliphatic rings. The third kappa shape index (κ3) is 0.800. The van der Waals surface area contributed by atoms with E-state index in [0.29, 0.717) is 0 Å². The highest BCUT2D eigenvalue weighted by Gasteiger charge is 2.23. The van der Waals surface area contributed by atoms with Crippen molar-refractivity contribution >= 4 is 12.2 Å². The predicted octanol–water partition coefficient (Wildman–Crippen LogP) is -0.591. The Morgan fingerprint density at radius 2 is 2.50 bits per heavy atom. The molecule has 0 unspecified atom stereocenters. The molecule has 2 radical (unpaired) electrons. The topological polar surface area (TPSA) is 38.5 Å². The van der Waals surface area contributed by atoms with Gasteiger partial charge in [-0.15, -0.1) is 5.43 Å². The van der Waals surface area contributed by atoms with Crippen molar-refractivity contribution in [2.24, 2.45) is 4.99 Å². The molecule has 0 saturated heterocycles. The fourth-order valence-corrected chi connectivity index (χ4v) is 0.284. The van der Waals surface area contributed by atoms with E-state index in [4.69, 9.17) is 0 Å². The van der Waals surface area contributed by atoms with E-state index in [9.17, 15) is 8.78 Å². The van der Waals surface area contributed by atoms with Gasteiger partial charge in [-0.25, -0.2) is 0 Å². The number of nitrogens with zero attached hydrogens (tertiary/aromatic N) is 2. The van der Waals surface area contributed by atoms with Crippen molar-refractivity contribution in [3.63, 3.8) is 0 Å². The first-order valence-electron chi connectivity index (χ1n) is 1.87.